The van der Waals surface area contributed by atoms with Gasteiger partial charge in [0.15, 0.2) is 9.84 Å². The van der Waals surface area contributed by atoms with Gasteiger partial charge < -0.3 is 20.9 Å². The van der Waals surface area contributed by atoms with Crippen molar-refractivity contribution < 1.29 is 8.42 Å². The summed E-state index contributed by atoms with van der Waals surface area (Å²) in [4.78, 5) is 13.4. The van der Waals surface area contributed by atoms with E-state index < -0.39 is 9.84 Å². The predicted molar refractivity (Wildman–Crippen MR) is 108 cm³/mol. The Morgan fingerprint density at radius 1 is 1.15 bits per heavy atom. The monoisotopic (exact) mass is 424 g/mol. The van der Waals surface area contributed by atoms with Crippen molar-refractivity contribution in [2.45, 2.75) is 31.0 Å². The van der Waals surface area contributed by atoms with E-state index in [4.69, 9.17) is 10.7 Å². The molecule has 4 rings (SSSR count). The number of piperidine rings is 1. The van der Waals surface area contributed by atoms with Crippen molar-refractivity contribution in [2.75, 3.05) is 47.5 Å². The number of rotatable bonds is 2. The van der Waals surface area contributed by atoms with E-state index in [-0.39, 0.29) is 54.4 Å². The maximum Gasteiger partial charge on any atom is 0.227 e. The van der Waals surface area contributed by atoms with Crippen LogP contribution in [0.2, 0.25) is 0 Å². The van der Waals surface area contributed by atoms with Gasteiger partial charge in [0, 0.05) is 44.5 Å². The molecule has 3 aliphatic heterocycles. The molecular formula is C15H26Cl2N6O2S. The fourth-order valence-electron chi connectivity index (χ4n) is 3.90. The molecule has 0 saturated carbocycles. The van der Waals surface area contributed by atoms with Gasteiger partial charge in [0.05, 0.1) is 17.5 Å². The Kier molecular flexibility index (Phi) is 6.95. The Bertz CT molecular complexity index is 714. The number of piperazine rings is 1. The number of sulfone groups is 1. The normalized spacial score (nSPS) is 28.0. The van der Waals surface area contributed by atoms with E-state index in [2.05, 4.69) is 20.1 Å². The van der Waals surface area contributed by atoms with Crippen LogP contribution in [0.25, 0.3) is 0 Å². The zero-order valence-electron chi connectivity index (χ0n) is 14.5. The van der Waals surface area contributed by atoms with Crippen LogP contribution >= 0.6 is 24.8 Å². The fourth-order valence-corrected chi connectivity index (χ4v) is 5.86. The standard InChI is InChI=1S/C15H24N6O2S.2ClH/c16-11-2-6-20(7-3-11)15-18-4-1-14(19-15)21-8-5-17-12-9-24(22,23)10-13(12)21;;/h1,4,11-13,17H,2-3,5-10,16H2;2*1H/t12-,13+;;/m0../s1. The summed E-state index contributed by atoms with van der Waals surface area (Å²) < 4.78 is 24.0. The second kappa shape index (κ2) is 8.43. The maximum atomic E-state index is 12.0. The summed E-state index contributed by atoms with van der Waals surface area (Å²) in [6.07, 6.45) is 3.67. The molecule has 1 aromatic rings. The van der Waals surface area contributed by atoms with Crippen LogP contribution in [0.4, 0.5) is 11.8 Å². The summed E-state index contributed by atoms with van der Waals surface area (Å²) in [5.74, 6) is 1.96. The van der Waals surface area contributed by atoms with Crippen LogP contribution in [0.1, 0.15) is 12.8 Å². The van der Waals surface area contributed by atoms with Gasteiger partial charge in [-0.15, -0.1) is 24.8 Å². The number of anilines is 2. The molecule has 0 radical (unpaired) electrons. The van der Waals surface area contributed by atoms with Gasteiger partial charge in [-0.25, -0.2) is 13.4 Å². The quantitative estimate of drug-likeness (QED) is 0.673. The Morgan fingerprint density at radius 2 is 1.88 bits per heavy atom. The number of nitrogens with zero attached hydrogens (tertiary/aromatic N) is 4. The first-order valence-electron chi connectivity index (χ1n) is 8.56. The van der Waals surface area contributed by atoms with E-state index in [1.165, 1.54) is 0 Å². The molecule has 3 aliphatic rings. The van der Waals surface area contributed by atoms with Crippen molar-refractivity contribution in [1.82, 2.24) is 15.3 Å². The fraction of sp³-hybridized carbons (Fsp3) is 0.733. The summed E-state index contributed by atoms with van der Waals surface area (Å²) in [5.41, 5.74) is 5.97. The summed E-state index contributed by atoms with van der Waals surface area (Å²) in [6, 6.07) is 2.10. The molecule has 0 aromatic carbocycles. The Hall–Kier alpha value is -0.870. The lowest BCUT2D eigenvalue weighted by Gasteiger charge is -2.38. The SMILES string of the molecule is Cl.Cl.NC1CCN(c2nccc(N3CCN[C@H]4CS(=O)(=O)C[C@H]43)n2)CC1. The number of nitrogens with one attached hydrogen (secondary N) is 1. The topological polar surface area (TPSA) is 104 Å². The highest BCUT2D eigenvalue weighted by molar-refractivity contribution is 7.91. The molecule has 0 spiro atoms. The Labute approximate surface area is 166 Å². The zero-order valence-corrected chi connectivity index (χ0v) is 16.9. The van der Waals surface area contributed by atoms with E-state index >= 15 is 0 Å². The van der Waals surface area contributed by atoms with Crippen molar-refractivity contribution in [2.24, 2.45) is 5.73 Å². The average molecular weight is 425 g/mol. The Balaban J connectivity index is 0.00000121. The van der Waals surface area contributed by atoms with Crippen LogP contribution in [0.3, 0.4) is 0 Å². The molecule has 3 saturated heterocycles. The highest BCUT2D eigenvalue weighted by Crippen LogP contribution is 2.27. The van der Waals surface area contributed by atoms with Crippen molar-refractivity contribution in [3.63, 3.8) is 0 Å². The van der Waals surface area contributed by atoms with Crippen molar-refractivity contribution in [3.8, 4) is 0 Å². The summed E-state index contributed by atoms with van der Waals surface area (Å²) in [6.45, 7) is 3.27. The van der Waals surface area contributed by atoms with Gasteiger partial charge in [-0.3, -0.25) is 0 Å². The minimum absolute atomic E-state index is 0. The highest BCUT2D eigenvalue weighted by atomic mass is 35.5. The van der Waals surface area contributed by atoms with Crippen LogP contribution < -0.4 is 20.9 Å². The smallest absolute Gasteiger partial charge is 0.227 e. The van der Waals surface area contributed by atoms with Gasteiger partial charge in [0.1, 0.15) is 5.82 Å². The van der Waals surface area contributed by atoms with Crippen molar-refractivity contribution in [1.29, 1.82) is 0 Å². The van der Waals surface area contributed by atoms with E-state index in [0.29, 0.717) is 0 Å². The summed E-state index contributed by atoms with van der Waals surface area (Å²) in [7, 11) is -2.98. The van der Waals surface area contributed by atoms with Crippen LogP contribution in [-0.4, -0.2) is 74.2 Å². The molecule has 3 fully saturated rings. The third-order valence-electron chi connectivity index (χ3n) is 5.23. The average Bonchev–Trinajstić information content (AvgIpc) is 2.89. The van der Waals surface area contributed by atoms with Crippen molar-refractivity contribution in [3.05, 3.63) is 12.3 Å². The summed E-state index contributed by atoms with van der Waals surface area (Å²) >= 11 is 0. The molecule has 0 amide bonds. The molecule has 148 valence electrons. The van der Waals surface area contributed by atoms with Gasteiger partial charge in [0.2, 0.25) is 5.95 Å². The highest BCUT2D eigenvalue weighted by Gasteiger charge is 2.43. The maximum absolute atomic E-state index is 12.0. The van der Waals surface area contributed by atoms with E-state index in [1.807, 2.05) is 6.07 Å². The number of fused-ring (bicyclic) bond motifs is 1. The first-order chi connectivity index (χ1) is 11.5. The molecule has 1 aromatic heterocycles. The number of nitrogens with two attached hydrogens (primary N) is 1. The number of hydrogen-bond acceptors (Lipinski definition) is 8. The van der Waals surface area contributed by atoms with E-state index in [1.54, 1.807) is 6.20 Å². The molecule has 8 nitrogen and oxygen atoms in total. The molecule has 2 atom stereocenters. The lowest BCUT2D eigenvalue weighted by molar-refractivity contribution is 0.422. The lowest BCUT2D eigenvalue weighted by Crippen LogP contribution is -2.57. The molecule has 0 bridgehead atoms. The first kappa shape index (κ1) is 21.4. The van der Waals surface area contributed by atoms with Crippen LogP contribution in [-0.2, 0) is 9.84 Å². The van der Waals surface area contributed by atoms with Crippen molar-refractivity contribution >= 4 is 46.4 Å². The predicted octanol–water partition coefficient (Wildman–Crippen LogP) is -0.177. The van der Waals surface area contributed by atoms with Gasteiger partial charge in [-0.05, 0) is 18.9 Å². The molecule has 11 heteroatoms. The van der Waals surface area contributed by atoms with Gasteiger partial charge >= 0.3 is 0 Å². The second-order valence-electron chi connectivity index (χ2n) is 6.94. The molecule has 4 heterocycles. The number of hydrogen-bond donors (Lipinski definition) is 2. The number of halogens is 2. The number of aromatic nitrogens is 2. The van der Waals surface area contributed by atoms with Gasteiger partial charge in [-0.2, -0.15) is 4.98 Å². The van der Waals surface area contributed by atoms with E-state index in [0.717, 1.165) is 50.8 Å². The van der Waals surface area contributed by atoms with Gasteiger partial charge in [-0.1, -0.05) is 0 Å². The van der Waals surface area contributed by atoms with Crippen LogP contribution in [0, 0.1) is 0 Å². The molecule has 26 heavy (non-hydrogen) atoms. The van der Waals surface area contributed by atoms with Crippen LogP contribution in [0.15, 0.2) is 12.3 Å². The largest absolute Gasteiger partial charge is 0.350 e. The molecule has 3 N–H and O–H groups in total. The molecular weight excluding hydrogens is 399 g/mol. The molecule has 0 aliphatic carbocycles. The zero-order chi connectivity index (χ0) is 16.7. The van der Waals surface area contributed by atoms with Crippen LogP contribution in [0.5, 0.6) is 0 Å². The summed E-state index contributed by atoms with van der Waals surface area (Å²) in [5, 5.41) is 3.33. The second-order valence-corrected chi connectivity index (χ2v) is 9.09. The third-order valence-corrected chi connectivity index (χ3v) is 6.94. The Morgan fingerprint density at radius 3 is 2.62 bits per heavy atom. The molecule has 0 unspecified atom stereocenters. The first-order valence-corrected chi connectivity index (χ1v) is 10.4. The van der Waals surface area contributed by atoms with Gasteiger partial charge in [0.25, 0.3) is 0 Å². The minimum atomic E-state index is -2.98. The third kappa shape index (κ3) is 4.33. The lowest BCUT2D eigenvalue weighted by atomic mass is 10.1. The van der Waals surface area contributed by atoms with E-state index in [9.17, 15) is 8.42 Å². The minimum Gasteiger partial charge on any atom is -0.350 e.